The number of anilines is 1. The SMILES string of the molecule is CCCc1c(Cc2ccc(-c3ccccc3C#N)cc2)c(N)nc2ncnn12. The van der Waals surface area contributed by atoms with Gasteiger partial charge in [-0.15, -0.1) is 0 Å². The fourth-order valence-corrected chi connectivity index (χ4v) is 3.48. The highest BCUT2D eigenvalue weighted by molar-refractivity contribution is 5.70. The van der Waals surface area contributed by atoms with Crippen LogP contribution in [0, 0.1) is 11.3 Å². The molecule has 6 nitrogen and oxygen atoms in total. The van der Waals surface area contributed by atoms with E-state index in [9.17, 15) is 5.26 Å². The molecule has 4 aromatic rings. The van der Waals surface area contributed by atoms with Gasteiger partial charge in [0.05, 0.1) is 17.3 Å². The summed E-state index contributed by atoms with van der Waals surface area (Å²) in [5.41, 5.74) is 12.1. The molecule has 0 atom stereocenters. The monoisotopic (exact) mass is 368 g/mol. The molecule has 0 saturated carbocycles. The molecule has 2 N–H and O–H groups in total. The molecule has 2 heterocycles. The first kappa shape index (κ1) is 17.7. The van der Waals surface area contributed by atoms with Gasteiger partial charge in [0.25, 0.3) is 5.78 Å². The van der Waals surface area contributed by atoms with Gasteiger partial charge in [-0.05, 0) is 29.2 Å². The van der Waals surface area contributed by atoms with Gasteiger partial charge in [-0.25, -0.2) is 4.52 Å². The summed E-state index contributed by atoms with van der Waals surface area (Å²) in [6.07, 6.45) is 4.02. The minimum Gasteiger partial charge on any atom is -0.383 e. The zero-order valence-corrected chi connectivity index (χ0v) is 15.6. The second-order valence-electron chi connectivity index (χ2n) is 6.68. The molecule has 4 rings (SSSR count). The molecule has 28 heavy (non-hydrogen) atoms. The van der Waals surface area contributed by atoms with E-state index in [1.807, 2.05) is 36.4 Å². The molecule has 0 spiro atoms. The summed E-state index contributed by atoms with van der Waals surface area (Å²) in [4.78, 5) is 8.56. The lowest BCUT2D eigenvalue weighted by molar-refractivity contribution is 0.779. The van der Waals surface area contributed by atoms with Crippen molar-refractivity contribution >= 4 is 11.6 Å². The van der Waals surface area contributed by atoms with Crippen LogP contribution in [-0.4, -0.2) is 19.6 Å². The summed E-state index contributed by atoms with van der Waals surface area (Å²) >= 11 is 0. The molecule has 0 radical (unpaired) electrons. The maximum absolute atomic E-state index is 9.33. The Morgan fingerprint density at radius 3 is 2.64 bits per heavy atom. The largest absolute Gasteiger partial charge is 0.383 e. The number of nitriles is 1. The molecule has 0 saturated heterocycles. The average Bonchev–Trinajstić information content (AvgIpc) is 3.19. The zero-order valence-electron chi connectivity index (χ0n) is 15.6. The first-order valence-electron chi connectivity index (χ1n) is 9.26. The topological polar surface area (TPSA) is 92.9 Å². The van der Waals surface area contributed by atoms with Crippen LogP contribution in [0.2, 0.25) is 0 Å². The van der Waals surface area contributed by atoms with Crippen molar-refractivity contribution in [3.05, 3.63) is 77.2 Å². The van der Waals surface area contributed by atoms with Gasteiger partial charge in [0.2, 0.25) is 0 Å². The van der Waals surface area contributed by atoms with Crippen LogP contribution in [0.3, 0.4) is 0 Å². The summed E-state index contributed by atoms with van der Waals surface area (Å²) in [6.45, 7) is 2.13. The van der Waals surface area contributed by atoms with Crippen molar-refractivity contribution in [1.82, 2.24) is 19.6 Å². The molecular weight excluding hydrogens is 348 g/mol. The van der Waals surface area contributed by atoms with Crippen molar-refractivity contribution < 1.29 is 0 Å². The highest BCUT2D eigenvalue weighted by Crippen LogP contribution is 2.26. The summed E-state index contributed by atoms with van der Waals surface area (Å²) < 4.78 is 1.78. The van der Waals surface area contributed by atoms with Crippen molar-refractivity contribution in [2.75, 3.05) is 5.73 Å². The average molecular weight is 368 g/mol. The number of fused-ring (bicyclic) bond motifs is 1. The summed E-state index contributed by atoms with van der Waals surface area (Å²) in [5.74, 6) is 1.04. The van der Waals surface area contributed by atoms with Gasteiger partial charge in [0.15, 0.2) is 0 Å². The number of hydrogen-bond donors (Lipinski definition) is 1. The van der Waals surface area contributed by atoms with E-state index in [2.05, 4.69) is 40.2 Å². The van der Waals surface area contributed by atoms with Crippen LogP contribution < -0.4 is 5.73 Å². The van der Waals surface area contributed by atoms with Gasteiger partial charge in [-0.1, -0.05) is 55.8 Å². The minimum absolute atomic E-state index is 0.503. The van der Waals surface area contributed by atoms with Gasteiger partial charge in [-0.2, -0.15) is 20.3 Å². The molecule has 0 fully saturated rings. The van der Waals surface area contributed by atoms with E-state index in [1.165, 1.54) is 6.33 Å². The lowest BCUT2D eigenvalue weighted by Gasteiger charge is -2.13. The molecule has 2 aromatic carbocycles. The Morgan fingerprint density at radius 1 is 1.11 bits per heavy atom. The van der Waals surface area contributed by atoms with Crippen molar-refractivity contribution in [3.8, 4) is 17.2 Å². The quantitative estimate of drug-likeness (QED) is 0.578. The fraction of sp³-hybridized carbons (Fsp3) is 0.182. The fourth-order valence-electron chi connectivity index (χ4n) is 3.48. The van der Waals surface area contributed by atoms with Crippen LogP contribution in [0.1, 0.15) is 35.7 Å². The van der Waals surface area contributed by atoms with Crippen molar-refractivity contribution in [3.63, 3.8) is 0 Å². The highest BCUT2D eigenvalue weighted by Gasteiger charge is 2.15. The number of aryl methyl sites for hydroxylation is 1. The molecule has 0 aliphatic carbocycles. The Bertz CT molecular complexity index is 1170. The van der Waals surface area contributed by atoms with Crippen molar-refractivity contribution in [1.29, 1.82) is 5.26 Å². The molecule has 0 amide bonds. The zero-order chi connectivity index (χ0) is 19.5. The predicted octanol–water partition coefficient (Wildman–Crippen LogP) is 3.79. The number of nitrogens with zero attached hydrogens (tertiary/aromatic N) is 5. The third kappa shape index (κ3) is 3.19. The molecule has 2 aromatic heterocycles. The number of rotatable bonds is 5. The molecular formula is C22H20N6. The Morgan fingerprint density at radius 2 is 1.89 bits per heavy atom. The molecule has 0 aliphatic rings. The van der Waals surface area contributed by atoms with Crippen LogP contribution >= 0.6 is 0 Å². The number of benzene rings is 2. The Balaban J connectivity index is 1.69. The van der Waals surface area contributed by atoms with E-state index in [-0.39, 0.29) is 0 Å². The third-order valence-electron chi connectivity index (χ3n) is 4.84. The van der Waals surface area contributed by atoms with Gasteiger partial charge in [-0.3, -0.25) is 0 Å². The van der Waals surface area contributed by atoms with Gasteiger partial charge in [0.1, 0.15) is 12.1 Å². The van der Waals surface area contributed by atoms with E-state index in [1.54, 1.807) is 4.52 Å². The molecule has 0 unspecified atom stereocenters. The van der Waals surface area contributed by atoms with E-state index in [0.29, 0.717) is 23.6 Å². The third-order valence-corrected chi connectivity index (χ3v) is 4.84. The highest BCUT2D eigenvalue weighted by atomic mass is 15.3. The van der Waals surface area contributed by atoms with Crippen molar-refractivity contribution in [2.24, 2.45) is 0 Å². The predicted molar refractivity (Wildman–Crippen MR) is 109 cm³/mol. The van der Waals surface area contributed by atoms with Gasteiger partial charge in [0, 0.05) is 12.0 Å². The second-order valence-corrected chi connectivity index (χ2v) is 6.68. The number of hydrogen-bond acceptors (Lipinski definition) is 5. The van der Waals surface area contributed by atoms with Crippen LogP contribution in [0.5, 0.6) is 0 Å². The van der Waals surface area contributed by atoms with Gasteiger partial charge < -0.3 is 5.73 Å². The van der Waals surface area contributed by atoms with Crippen LogP contribution in [0.4, 0.5) is 5.82 Å². The van der Waals surface area contributed by atoms with E-state index >= 15 is 0 Å². The van der Waals surface area contributed by atoms with Crippen molar-refractivity contribution in [2.45, 2.75) is 26.2 Å². The molecule has 0 bridgehead atoms. The Labute approximate surface area is 163 Å². The lowest BCUT2D eigenvalue weighted by atomic mass is 9.97. The smallest absolute Gasteiger partial charge is 0.254 e. The number of nitrogens with two attached hydrogens (primary N) is 1. The molecule has 138 valence electrons. The Kier molecular flexibility index (Phi) is 4.73. The normalized spacial score (nSPS) is 10.9. The Hall–Kier alpha value is -3.72. The first-order valence-corrected chi connectivity index (χ1v) is 9.26. The maximum Gasteiger partial charge on any atom is 0.254 e. The van der Waals surface area contributed by atoms with Crippen LogP contribution in [0.25, 0.3) is 16.9 Å². The van der Waals surface area contributed by atoms with E-state index in [4.69, 9.17) is 5.73 Å². The standard InChI is InChI=1S/C22H20N6/c1-2-5-20-19(21(24)27-22-25-14-26-28(20)22)12-15-8-10-16(11-9-15)18-7-4-3-6-17(18)13-23/h3-4,6-11,14H,2,5,12H2,1H3,(H2,24,25,26,27). The number of aromatic nitrogens is 4. The number of nitrogen functional groups attached to an aromatic ring is 1. The summed E-state index contributed by atoms with van der Waals surface area (Å²) in [6, 6.07) is 18.1. The van der Waals surface area contributed by atoms with E-state index in [0.717, 1.165) is 40.8 Å². The summed E-state index contributed by atoms with van der Waals surface area (Å²) in [7, 11) is 0. The van der Waals surface area contributed by atoms with E-state index < -0.39 is 0 Å². The minimum atomic E-state index is 0.503. The molecule has 0 aliphatic heterocycles. The summed E-state index contributed by atoms with van der Waals surface area (Å²) in [5, 5.41) is 13.6. The van der Waals surface area contributed by atoms with Gasteiger partial charge >= 0.3 is 0 Å². The second kappa shape index (κ2) is 7.49. The van der Waals surface area contributed by atoms with Crippen LogP contribution in [0.15, 0.2) is 54.9 Å². The lowest BCUT2D eigenvalue weighted by Crippen LogP contribution is -2.11. The first-order chi connectivity index (χ1) is 13.7. The molecule has 6 heteroatoms. The maximum atomic E-state index is 9.33. The van der Waals surface area contributed by atoms with Crippen LogP contribution in [-0.2, 0) is 12.8 Å².